The van der Waals surface area contributed by atoms with Gasteiger partial charge in [0.05, 0.1) is 0 Å². The monoisotopic (exact) mass is 186 g/mol. The highest BCUT2D eigenvalue weighted by molar-refractivity contribution is 6.77. The molecule has 0 bridgehead atoms. The van der Waals surface area contributed by atoms with Crippen LogP contribution in [-0.4, -0.2) is 20.5 Å². The number of rotatable bonds is 4. The second-order valence-corrected chi connectivity index (χ2v) is 8.28. The predicted molar refractivity (Wildman–Crippen MR) is 56.5 cm³/mol. The molecule has 1 heterocycles. The molecule has 1 rings (SSSR count). The minimum Gasteiger partial charge on any atom is -0.323 e. The smallest absolute Gasteiger partial charge is 0.201 e. The summed E-state index contributed by atoms with van der Waals surface area (Å²) >= 11 is 0. The van der Waals surface area contributed by atoms with E-state index in [4.69, 9.17) is 0 Å². The minimum absolute atomic E-state index is 0.642. The Hall–Kier alpha value is 0.137. The van der Waals surface area contributed by atoms with Crippen LogP contribution in [0.2, 0.25) is 12.1 Å². The van der Waals surface area contributed by atoms with E-state index < -0.39 is 8.40 Å². The van der Waals surface area contributed by atoms with Gasteiger partial charge in [0, 0.05) is 0 Å². The van der Waals surface area contributed by atoms with E-state index in [0.717, 1.165) is 0 Å². The Morgan fingerprint density at radius 3 is 1.50 bits per heavy atom. The molecule has 1 aliphatic heterocycles. The molecule has 1 aliphatic rings. The second kappa shape index (κ2) is 3.90. The van der Waals surface area contributed by atoms with Crippen LogP contribution in [0.15, 0.2) is 0 Å². The fraction of sp³-hybridized carbons (Fsp3) is 1.00. The third-order valence-corrected chi connectivity index (χ3v) is 7.01. The molecule has 2 nitrogen and oxygen atoms in total. The average molecular weight is 186 g/mol. The number of hydrogen-bond donors (Lipinski definition) is 2. The first-order valence-corrected chi connectivity index (χ1v) is 7.51. The molecular weight excluding hydrogens is 164 g/mol. The lowest BCUT2D eigenvalue weighted by molar-refractivity contribution is 0.611. The normalized spacial score (nSPS) is 21.5. The maximum atomic E-state index is 3.75. The van der Waals surface area contributed by atoms with E-state index in [0.29, 0.717) is 12.1 Å². The van der Waals surface area contributed by atoms with Crippen LogP contribution in [0.25, 0.3) is 0 Å². The molecule has 0 spiro atoms. The molecule has 0 radical (unpaired) electrons. The third-order valence-electron chi connectivity index (χ3n) is 2.34. The molecule has 72 valence electrons. The summed E-state index contributed by atoms with van der Waals surface area (Å²) < 4.78 is 0. The molecule has 1 saturated heterocycles. The van der Waals surface area contributed by atoms with Gasteiger partial charge in [-0.1, -0.05) is 34.1 Å². The van der Waals surface area contributed by atoms with Gasteiger partial charge in [0.2, 0.25) is 8.40 Å². The maximum Gasteiger partial charge on any atom is 0.201 e. The summed E-state index contributed by atoms with van der Waals surface area (Å²) in [6, 6.07) is 4.12. The van der Waals surface area contributed by atoms with E-state index in [1.54, 1.807) is 0 Å². The van der Waals surface area contributed by atoms with Gasteiger partial charge in [-0.15, -0.1) is 0 Å². The van der Waals surface area contributed by atoms with Crippen molar-refractivity contribution in [3.05, 3.63) is 0 Å². The van der Waals surface area contributed by atoms with Crippen molar-refractivity contribution < 1.29 is 0 Å². The van der Waals surface area contributed by atoms with Crippen molar-refractivity contribution in [3.8, 4) is 0 Å². The second-order valence-electron chi connectivity index (χ2n) is 4.53. The summed E-state index contributed by atoms with van der Waals surface area (Å²) in [5.41, 5.74) is 0. The molecule has 0 aliphatic carbocycles. The molecule has 0 aromatic heterocycles. The Balaban J connectivity index is 2.39. The number of hydrogen-bond acceptors (Lipinski definition) is 2. The first kappa shape index (κ1) is 10.2. The Morgan fingerprint density at radius 1 is 0.917 bits per heavy atom. The molecule has 0 amide bonds. The highest BCUT2D eigenvalue weighted by Crippen LogP contribution is 2.28. The summed E-state index contributed by atoms with van der Waals surface area (Å²) in [6.07, 6.45) is 1.42. The fourth-order valence-electron chi connectivity index (χ4n) is 1.97. The predicted octanol–water partition coefficient (Wildman–Crippen LogP) is 1.83. The average Bonchev–Trinajstić information content (AvgIpc) is 1.80. The fourth-order valence-corrected chi connectivity index (χ4v) is 5.90. The molecule has 0 aromatic rings. The van der Waals surface area contributed by atoms with E-state index in [1.165, 1.54) is 18.5 Å². The SMILES string of the molecule is CC(C)N[Si]1(NC(C)C)CCC1. The molecule has 12 heavy (non-hydrogen) atoms. The largest absolute Gasteiger partial charge is 0.323 e. The van der Waals surface area contributed by atoms with Crippen LogP contribution >= 0.6 is 0 Å². The van der Waals surface area contributed by atoms with Gasteiger partial charge in [0.25, 0.3) is 0 Å². The topological polar surface area (TPSA) is 24.1 Å². The Bertz CT molecular complexity index is 129. The van der Waals surface area contributed by atoms with Gasteiger partial charge in [0.15, 0.2) is 0 Å². The van der Waals surface area contributed by atoms with Gasteiger partial charge in [-0.3, -0.25) is 0 Å². The first-order chi connectivity index (χ1) is 5.54. The zero-order chi connectivity index (χ0) is 9.19. The first-order valence-electron chi connectivity index (χ1n) is 5.09. The zero-order valence-corrected chi connectivity index (χ0v) is 9.78. The summed E-state index contributed by atoms with van der Waals surface area (Å²) in [6.45, 7) is 8.98. The Labute approximate surface area is 77.3 Å². The summed E-state index contributed by atoms with van der Waals surface area (Å²) in [5.74, 6) is 0. The zero-order valence-electron chi connectivity index (χ0n) is 8.78. The molecule has 2 N–H and O–H groups in total. The highest BCUT2D eigenvalue weighted by atomic mass is 28.3. The van der Waals surface area contributed by atoms with Gasteiger partial charge >= 0.3 is 0 Å². The summed E-state index contributed by atoms with van der Waals surface area (Å²) in [4.78, 5) is 7.50. The van der Waals surface area contributed by atoms with E-state index in [-0.39, 0.29) is 0 Å². The maximum absolute atomic E-state index is 3.75. The van der Waals surface area contributed by atoms with E-state index in [1.807, 2.05) is 0 Å². The van der Waals surface area contributed by atoms with Crippen LogP contribution in [-0.2, 0) is 0 Å². The molecule has 3 heteroatoms. The van der Waals surface area contributed by atoms with Gasteiger partial charge in [0.1, 0.15) is 0 Å². The van der Waals surface area contributed by atoms with Gasteiger partial charge in [-0.2, -0.15) is 0 Å². The lowest BCUT2D eigenvalue weighted by Gasteiger charge is -2.43. The third kappa shape index (κ3) is 2.57. The van der Waals surface area contributed by atoms with Gasteiger partial charge in [-0.05, 0) is 24.2 Å². The van der Waals surface area contributed by atoms with Crippen molar-refractivity contribution in [1.29, 1.82) is 0 Å². The lowest BCUT2D eigenvalue weighted by atomic mass is 10.4. The highest BCUT2D eigenvalue weighted by Gasteiger charge is 2.40. The number of nitrogens with one attached hydrogen (secondary N) is 2. The van der Waals surface area contributed by atoms with Crippen molar-refractivity contribution in [2.45, 2.75) is 58.3 Å². The standard InChI is InChI=1S/C9H22N2Si/c1-8(2)10-12(6-5-7-12)11-9(3)4/h8-11H,5-7H2,1-4H3. The van der Waals surface area contributed by atoms with Crippen molar-refractivity contribution in [3.63, 3.8) is 0 Å². The van der Waals surface area contributed by atoms with Crippen molar-refractivity contribution in [1.82, 2.24) is 9.96 Å². The van der Waals surface area contributed by atoms with Crippen molar-refractivity contribution in [2.75, 3.05) is 0 Å². The van der Waals surface area contributed by atoms with E-state index in [9.17, 15) is 0 Å². The molecule has 1 fully saturated rings. The summed E-state index contributed by atoms with van der Waals surface area (Å²) in [5, 5.41) is 0. The summed E-state index contributed by atoms with van der Waals surface area (Å²) in [7, 11) is -1.17. The van der Waals surface area contributed by atoms with Crippen LogP contribution < -0.4 is 9.96 Å². The quantitative estimate of drug-likeness (QED) is 0.655. The van der Waals surface area contributed by atoms with Crippen LogP contribution in [0.1, 0.15) is 34.1 Å². The van der Waals surface area contributed by atoms with Crippen LogP contribution in [0.3, 0.4) is 0 Å². The molecular formula is C9H22N2Si. The lowest BCUT2D eigenvalue weighted by Crippen LogP contribution is -2.69. The molecule has 0 saturated carbocycles. The van der Waals surface area contributed by atoms with Gasteiger partial charge < -0.3 is 9.96 Å². The Kier molecular flexibility index (Phi) is 3.32. The van der Waals surface area contributed by atoms with Crippen LogP contribution in [0, 0.1) is 0 Å². The Morgan fingerprint density at radius 2 is 1.33 bits per heavy atom. The van der Waals surface area contributed by atoms with Crippen molar-refractivity contribution >= 4 is 8.40 Å². The van der Waals surface area contributed by atoms with Gasteiger partial charge in [-0.25, -0.2) is 0 Å². The molecule has 0 atom stereocenters. The molecule has 0 aromatic carbocycles. The van der Waals surface area contributed by atoms with E-state index >= 15 is 0 Å². The van der Waals surface area contributed by atoms with Crippen LogP contribution in [0.4, 0.5) is 0 Å². The molecule has 0 unspecified atom stereocenters. The van der Waals surface area contributed by atoms with Crippen molar-refractivity contribution in [2.24, 2.45) is 0 Å². The van der Waals surface area contributed by atoms with E-state index in [2.05, 4.69) is 37.7 Å². The van der Waals surface area contributed by atoms with Crippen LogP contribution in [0.5, 0.6) is 0 Å². The minimum atomic E-state index is -1.17.